The maximum atomic E-state index is 12.9. The Hall–Kier alpha value is -2.80. The predicted molar refractivity (Wildman–Crippen MR) is 116 cm³/mol. The van der Waals surface area contributed by atoms with Crippen LogP contribution >= 0.6 is 11.8 Å². The van der Waals surface area contributed by atoms with Gasteiger partial charge in [0.2, 0.25) is 5.91 Å². The highest BCUT2D eigenvalue weighted by molar-refractivity contribution is 7.99. The number of aromatic nitrogens is 2. The number of benzene rings is 2. The van der Waals surface area contributed by atoms with Crippen molar-refractivity contribution in [3.05, 3.63) is 64.4 Å². The van der Waals surface area contributed by atoms with Crippen molar-refractivity contribution < 1.29 is 9.53 Å². The second kappa shape index (κ2) is 9.60. The molecule has 0 fully saturated rings. The number of fused-ring (bicyclic) bond motifs is 1. The molecule has 1 N–H and O–H groups in total. The van der Waals surface area contributed by atoms with E-state index in [4.69, 9.17) is 4.74 Å². The number of nitrogens with one attached hydrogen (secondary N) is 1. The number of amides is 1. The van der Waals surface area contributed by atoms with Crippen LogP contribution in [0.25, 0.3) is 10.9 Å². The number of thioether (sulfide) groups is 1. The van der Waals surface area contributed by atoms with E-state index in [9.17, 15) is 9.59 Å². The summed E-state index contributed by atoms with van der Waals surface area (Å²) in [5.74, 6) is 1.08. The normalized spacial score (nSPS) is 11.0. The first-order chi connectivity index (χ1) is 14.0. The molecule has 0 atom stereocenters. The number of rotatable bonds is 8. The fourth-order valence-electron chi connectivity index (χ4n) is 3.01. The minimum atomic E-state index is -0.126. The van der Waals surface area contributed by atoms with Crippen LogP contribution in [0.1, 0.15) is 19.4 Å². The van der Waals surface area contributed by atoms with Gasteiger partial charge in [0.05, 0.1) is 23.8 Å². The van der Waals surface area contributed by atoms with Gasteiger partial charge in [-0.25, -0.2) is 4.98 Å². The van der Waals surface area contributed by atoms with Crippen LogP contribution in [-0.4, -0.2) is 28.3 Å². The minimum absolute atomic E-state index is 0.0683. The van der Waals surface area contributed by atoms with Gasteiger partial charge in [-0.05, 0) is 24.1 Å². The van der Waals surface area contributed by atoms with Gasteiger partial charge in [-0.3, -0.25) is 14.2 Å². The molecule has 29 heavy (non-hydrogen) atoms. The number of carbonyl (C=O) groups excluding carboxylic acids is 1. The molecule has 7 heteroatoms. The number of nitrogens with zero attached hydrogens (tertiary/aromatic N) is 2. The van der Waals surface area contributed by atoms with E-state index in [0.717, 1.165) is 11.3 Å². The van der Waals surface area contributed by atoms with Crippen LogP contribution in [0.2, 0.25) is 0 Å². The molecule has 6 nitrogen and oxygen atoms in total. The molecule has 0 aliphatic rings. The quantitative estimate of drug-likeness (QED) is 0.454. The molecule has 0 bridgehead atoms. The predicted octanol–water partition coefficient (Wildman–Crippen LogP) is 3.47. The van der Waals surface area contributed by atoms with Crippen molar-refractivity contribution in [2.75, 3.05) is 12.9 Å². The summed E-state index contributed by atoms with van der Waals surface area (Å²) < 4.78 is 6.98. The van der Waals surface area contributed by atoms with Gasteiger partial charge in [-0.1, -0.05) is 55.9 Å². The lowest BCUT2D eigenvalue weighted by molar-refractivity contribution is -0.118. The summed E-state index contributed by atoms with van der Waals surface area (Å²) in [5, 5.41) is 4.06. The van der Waals surface area contributed by atoms with Crippen molar-refractivity contribution in [1.29, 1.82) is 0 Å². The molecule has 152 valence electrons. The van der Waals surface area contributed by atoms with E-state index in [1.54, 1.807) is 17.7 Å². The van der Waals surface area contributed by atoms with Gasteiger partial charge >= 0.3 is 0 Å². The Morgan fingerprint density at radius 1 is 1.17 bits per heavy atom. The maximum absolute atomic E-state index is 12.9. The van der Waals surface area contributed by atoms with Crippen molar-refractivity contribution in [3.63, 3.8) is 0 Å². The van der Waals surface area contributed by atoms with Gasteiger partial charge < -0.3 is 10.1 Å². The zero-order valence-corrected chi connectivity index (χ0v) is 17.7. The van der Waals surface area contributed by atoms with Crippen LogP contribution in [0, 0.1) is 5.92 Å². The molecule has 0 aliphatic carbocycles. The lowest BCUT2D eigenvalue weighted by atomic mass is 10.2. The third-order valence-corrected chi connectivity index (χ3v) is 5.35. The third kappa shape index (κ3) is 5.17. The van der Waals surface area contributed by atoms with Crippen molar-refractivity contribution >= 4 is 28.6 Å². The monoisotopic (exact) mass is 411 g/mol. The second-order valence-electron chi connectivity index (χ2n) is 7.10. The maximum Gasteiger partial charge on any atom is 0.262 e. The molecule has 0 saturated heterocycles. The molecule has 0 radical (unpaired) electrons. The average molecular weight is 412 g/mol. The van der Waals surface area contributed by atoms with Crippen LogP contribution in [-0.2, 0) is 17.9 Å². The first kappa shape index (κ1) is 20.9. The lowest BCUT2D eigenvalue weighted by Crippen LogP contribution is -2.28. The average Bonchev–Trinajstić information content (AvgIpc) is 2.73. The molecule has 0 saturated carbocycles. The van der Waals surface area contributed by atoms with Crippen LogP contribution in [0.3, 0.4) is 0 Å². The molecule has 2 aromatic carbocycles. The highest BCUT2D eigenvalue weighted by atomic mass is 32.2. The molecule has 3 rings (SSSR count). The number of methoxy groups -OCH3 is 1. The Bertz CT molecular complexity index is 1060. The molecule has 1 heterocycles. The van der Waals surface area contributed by atoms with Crippen molar-refractivity contribution in [2.24, 2.45) is 5.92 Å². The van der Waals surface area contributed by atoms with Crippen molar-refractivity contribution in [2.45, 2.75) is 32.1 Å². The second-order valence-corrected chi connectivity index (χ2v) is 8.04. The van der Waals surface area contributed by atoms with Crippen molar-refractivity contribution in [1.82, 2.24) is 14.9 Å². The fourth-order valence-corrected chi connectivity index (χ4v) is 3.85. The Balaban J connectivity index is 1.73. The number of ether oxygens (including phenoxy) is 1. The first-order valence-electron chi connectivity index (χ1n) is 9.50. The molecular weight excluding hydrogens is 386 g/mol. The van der Waals surface area contributed by atoms with Crippen molar-refractivity contribution in [3.8, 4) is 5.75 Å². The summed E-state index contributed by atoms with van der Waals surface area (Å²) in [4.78, 5) is 29.9. The van der Waals surface area contributed by atoms with E-state index in [1.807, 2.05) is 42.5 Å². The van der Waals surface area contributed by atoms with E-state index in [1.165, 1.54) is 11.8 Å². The van der Waals surface area contributed by atoms with Crippen LogP contribution in [0.15, 0.2) is 58.5 Å². The topological polar surface area (TPSA) is 73.2 Å². The van der Waals surface area contributed by atoms with Gasteiger partial charge in [-0.15, -0.1) is 0 Å². The Morgan fingerprint density at radius 3 is 2.66 bits per heavy atom. The molecule has 0 spiro atoms. The van der Waals surface area contributed by atoms with Gasteiger partial charge in [0, 0.05) is 18.7 Å². The van der Waals surface area contributed by atoms with Gasteiger partial charge in [-0.2, -0.15) is 0 Å². The summed E-state index contributed by atoms with van der Waals surface area (Å²) >= 11 is 1.28. The highest BCUT2D eigenvalue weighted by Gasteiger charge is 2.14. The van der Waals surface area contributed by atoms with E-state index in [2.05, 4.69) is 24.1 Å². The molecule has 1 amide bonds. The molecule has 3 aromatic rings. The van der Waals surface area contributed by atoms with E-state index < -0.39 is 0 Å². The SMILES string of the molecule is COc1ccccc1CNC(=O)CSc1nc2ccccc2c(=O)n1CC(C)C. The zero-order chi connectivity index (χ0) is 20.8. The Labute approximate surface area is 174 Å². The number of hydrogen-bond donors (Lipinski definition) is 1. The smallest absolute Gasteiger partial charge is 0.262 e. The Morgan fingerprint density at radius 2 is 1.90 bits per heavy atom. The first-order valence-corrected chi connectivity index (χ1v) is 10.5. The summed E-state index contributed by atoms with van der Waals surface area (Å²) in [6, 6.07) is 14.9. The van der Waals surface area contributed by atoms with E-state index in [-0.39, 0.29) is 23.1 Å². The van der Waals surface area contributed by atoms with E-state index >= 15 is 0 Å². The van der Waals surface area contributed by atoms with Gasteiger partial charge in [0.25, 0.3) is 5.56 Å². The fraction of sp³-hybridized carbons (Fsp3) is 0.318. The third-order valence-electron chi connectivity index (χ3n) is 4.38. The Kier molecular flexibility index (Phi) is 6.93. The minimum Gasteiger partial charge on any atom is -0.496 e. The molecule has 1 aromatic heterocycles. The van der Waals surface area contributed by atoms with E-state index in [0.29, 0.717) is 29.1 Å². The number of hydrogen-bond acceptors (Lipinski definition) is 5. The molecule has 0 unspecified atom stereocenters. The van der Waals surface area contributed by atoms with Crippen LogP contribution < -0.4 is 15.6 Å². The summed E-state index contributed by atoms with van der Waals surface area (Å²) in [7, 11) is 1.61. The summed E-state index contributed by atoms with van der Waals surface area (Å²) in [6.07, 6.45) is 0. The number of para-hydroxylation sites is 2. The summed E-state index contributed by atoms with van der Waals surface area (Å²) in [5.41, 5.74) is 1.49. The largest absolute Gasteiger partial charge is 0.496 e. The van der Waals surface area contributed by atoms with Gasteiger partial charge in [0.15, 0.2) is 5.16 Å². The summed E-state index contributed by atoms with van der Waals surface area (Å²) in [6.45, 7) is 5.04. The van der Waals surface area contributed by atoms with Crippen LogP contribution in [0.4, 0.5) is 0 Å². The lowest BCUT2D eigenvalue weighted by Gasteiger charge is -2.15. The van der Waals surface area contributed by atoms with Gasteiger partial charge in [0.1, 0.15) is 5.75 Å². The number of carbonyl (C=O) groups is 1. The zero-order valence-electron chi connectivity index (χ0n) is 16.8. The highest BCUT2D eigenvalue weighted by Crippen LogP contribution is 2.20. The standard InChI is InChI=1S/C22H25N3O3S/c1-15(2)13-25-21(27)17-9-5-6-10-18(17)24-22(25)29-14-20(26)23-12-16-8-4-7-11-19(16)28-3/h4-11,15H,12-14H2,1-3H3,(H,23,26). The molecule has 0 aliphatic heterocycles. The van der Waals surface area contributed by atoms with Crippen LogP contribution in [0.5, 0.6) is 5.75 Å². The molecular formula is C22H25N3O3S.